The van der Waals surface area contributed by atoms with Crippen LogP contribution in [0, 0.1) is 0 Å². The molecule has 4 aromatic rings. The van der Waals surface area contributed by atoms with Gasteiger partial charge in [-0.15, -0.1) is 0 Å². The van der Waals surface area contributed by atoms with Crippen molar-refractivity contribution in [2.75, 3.05) is 11.9 Å². The summed E-state index contributed by atoms with van der Waals surface area (Å²) in [7, 11) is 0. The van der Waals surface area contributed by atoms with E-state index in [9.17, 15) is 4.79 Å². The van der Waals surface area contributed by atoms with Gasteiger partial charge in [0, 0.05) is 17.7 Å². The fraction of sp³-hybridized carbons (Fsp3) is 0.400. The van der Waals surface area contributed by atoms with Crippen LogP contribution in [0.25, 0.3) is 22.8 Å². The Morgan fingerprint density at radius 2 is 1.62 bits per heavy atom. The number of aromatic nitrogens is 2. The van der Waals surface area contributed by atoms with Gasteiger partial charge in [0.05, 0.1) is 17.9 Å². The standard InChI is InChI=1S/C35H43N3O4/c1-6-8-9-10-11-24-40-28-22-16-25(17-23-28)33-37-34(42-38-33)29-14-12-15-30(32(29)41-31(39)13-7-2)36-27-20-18-26(19-21-27)35(3,4)5/h12,14-23,36H,6-11,13,24H2,1-5H3. The number of hydrogen-bond acceptors (Lipinski definition) is 7. The van der Waals surface area contributed by atoms with Gasteiger partial charge in [0.1, 0.15) is 5.75 Å². The van der Waals surface area contributed by atoms with Crippen molar-refractivity contribution in [2.24, 2.45) is 0 Å². The van der Waals surface area contributed by atoms with Gasteiger partial charge in [-0.05, 0) is 72.4 Å². The van der Waals surface area contributed by atoms with Crippen molar-refractivity contribution in [1.29, 1.82) is 0 Å². The first-order valence-electron chi connectivity index (χ1n) is 15.1. The fourth-order valence-corrected chi connectivity index (χ4v) is 4.54. The number of rotatable bonds is 14. The number of unbranched alkanes of at least 4 members (excludes halogenated alkanes) is 4. The Kier molecular flexibility index (Phi) is 10.8. The van der Waals surface area contributed by atoms with Gasteiger partial charge in [-0.1, -0.05) is 83.7 Å². The Bertz CT molecular complexity index is 1420. The van der Waals surface area contributed by atoms with Gasteiger partial charge in [0.15, 0.2) is 5.75 Å². The molecular formula is C35H43N3O4. The number of anilines is 2. The van der Waals surface area contributed by atoms with Crippen molar-refractivity contribution >= 4 is 17.3 Å². The van der Waals surface area contributed by atoms with Crippen LogP contribution in [-0.4, -0.2) is 22.7 Å². The van der Waals surface area contributed by atoms with E-state index in [2.05, 4.69) is 55.3 Å². The third-order valence-electron chi connectivity index (χ3n) is 7.00. The lowest BCUT2D eigenvalue weighted by Crippen LogP contribution is -2.11. The van der Waals surface area contributed by atoms with E-state index in [1.54, 1.807) is 0 Å². The average molecular weight is 570 g/mol. The molecule has 0 aliphatic carbocycles. The summed E-state index contributed by atoms with van der Waals surface area (Å²) in [5.74, 6) is 1.56. The first-order chi connectivity index (χ1) is 20.3. The molecule has 7 nitrogen and oxygen atoms in total. The maximum Gasteiger partial charge on any atom is 0.311 e. The van der Waals surface area contributed by atoms with Gasteiger partial charge in [-0.2, -0.15) is 4.98 Å². The Balaban J connectivity index is 1.53. The van der Waals surface area contributed by atoms with Gasteiger partial charge < -0.3 is 19.3 Å². The molecule has 0 spiro atoms. The minimum Gasteiger partial charge on any atom is -0.494 e. The van der Waals surface area contributed by atoms with Gasteiger partial charge in [0.2, 0.25) is 5.82 Å². The molecule has 0 bridgehead atoms. The van der Waals surface area contributed by atoms with Crippen LogP contribution < -0.4 is 14.8 Å². The highest BCUT2D eigenvalue weighted by atomic mass is 16.5. The van der Waals surface area contributed by atoms with Crippen molar-refractivity contribution in [3.05, 3.63) is 72.3 Å². The predicted octanol–water partition coefficient (Wildman–Crippen LogP) is 9.50. The summed E-state index contributed by atoms with van der Waals surface area (Å²) >= 11 is 0. The average Bonchev–Trinajstić information content (AvgIpc) is 3.46. The SMILES string of the molecule is CCCCCCCOc1ccc(-c2noc(-c3cccc(Nc4ccc(C(C)(C)C)cc4)c3OC(=O)CCC)n2)cc1. The van der Waals surface area contributed by atoms with Crippen molar-refractivity contribution in [2.45, 2.75) is 85.0 Å². The van der Waals surface area contributed by atoms with E-state index in [4.69, 9.17) is 14.0 Å². The largest absolute Gasteiger partial charge is 0.494 e. The molecule has 4 rings (SSSR count). The first kappa shape index (κ1) is 30.8. The lowest BCUT2D eigenvalue weighted by molar-refractivity contribution is -0.134. The zero-order valence-corrected chi connectivity index (χ0v) is 25.5. The Morgan fingerprint density at radius 3 is 2.31 bits per heavy atom. The van der Waals surface area contributed by atoms with Crippen LogP contribution in [0.2, 0.25) is 0 Å². The highest BCUT2D eigenvalue weighted by Crippen LogP contribution is 2.39. The Labute approximate surface area is 249 Å². The monoisotopic (exact) mass is 569 g/mol. The van der Waals surface area contributed by atoms with Crippen LogP contribution in [0.3, 0.4) is 0 Å². The third-order valence-corrected chi connectivity index (χ3v) is 7.00. The topological polar surface area (TPSA) is 86.5 Å². The number of nitrogens with one attached hydrogen (secondary N) is 1. The molecule has 0 amide bonds. The molecule has 7 heteroatoms. The van der Waals surface area contributed by atoms with Gasteiger partial charge in [0.25, 0.3) is 5.89 Å². The van der Waals surface area contributed by atoms with Crippen LogP contribution in [0.4, 0.5) is 11.4 Å². The summed E-state index contributed by atoms with van der Waals surface area (Å²) in [6, 6.07) is 21.5. The second-order valence-corrected chi connectivity index (χ2v) is 11.6. The minimum absolute atomic E-state index is 0.0518. The maximum absolute atomic E-state index is 12.6. The van der Waals surface area contributed by atoms with E-state index in [1.165, 1.54) is 31.2 Å². The number of carbonyl (C=O) groups excluding carboxylic acids is 1. The van der Waals surface area contributed by atoms with Crippen LogP contribution in [-0.2, 0) is 10.2 Å². The molecule has 0 saturated heterocycles. The number of benzene rings is 3. The number of hydrogen-bond donors (Lipinski definition) is 1. The molecule has 42 heavy (non-hydrogen) atoms. The molecule has 1 N–H and O–H groups in total. The smallest absolute Gasteiger partial charge is 0.311 e. The minimum atomic E-state index is -0.322. The van der Waals surface area contributed by atoms with Crippen molar-refractivity contribution in [3.8, 4) is 34.3 Å². The number of carbonyl (C=O) groups is 1. The van der Waals surface area contributed by atoms with Crippen LogP contribution >= 0.6 is 0 Å². The summed E-state index contributed by atoms with van der Waals surface area (Å²) in [4.78, 5) is 17.3. The van der Waals surface area contributed by atoms with Crippen LogP contribution in [0.15, 0.2) is 71.3 Å². The highest BCUT2D eigenvalue weighted by molar-refractivity contribution is 5.83. The Morgan fingerprint density at radius 1 is 0.881 bits per heavy atom. The number of nitrogens with zero attached hydrogens (tertiary/aromatic N) is 2. The van der Waals surface area contributed by atoms with E-state index >= 15 is 0 Å². The highest BCUT2D eigenvalue weighted by Gasteiger charge is 2.21. The molecule has 1 heterocycles. The number of esters is 1. The van der Waals surface area contributed by atoms with E-state index in [0.29, 0.717) is 42.3 Å². The van der Waals surface area contributed by atoms with Gasteiger partial charge in [-0.25, -0.2) is 0 Å². The number of para-hydroxylation sites is 1. The summed E-state index contributed by atoms with van der Waals surface area (Å²) in [6.45, 7) is 11.4. The summed E-state index contributed by atoms with van der Waals surface area (Å²) in [5, 5.41) is 7.61. The van der Waals surface area contributed by atoms with E-state index < -0.39 is 0 Å². The lowest BCUT2D eigenvalue weighted by Gasteiger charge is -2.20. The molecule has 0 fully saturated rings. The molecule has 0 atom stereocenters. The second-order valence-electron chi connectivity index (χ2n) is 11.6. The lowest BCUT2D eigenvalue weighted by atomic mass is 9.87. The quantitative estimate of drug-likeness (QED) is 0.0919. The molecule has 0 unspecified atom stereocenters. The zero-order valence-electron chi connectivity index (χ0n) is 25.5. The third kappa shape index (κ3) is 8.44. The molecule has 1 aromatic heterocycles. The van der Waals surface area contributed by atoms with Gasteiger partial charge >= 0.3 is 5.97 Å². The molecular weight excluding hydrogens is 526 g/mol. The van der Waals surface area contributed by atoms with Crippen molar-refractivity contribution < 1.29 is 18.8 Å². The first-order valence-corrected chi connectivity index (χ1v) is 15.1. The summed E-state index contributed by atoms with van der Waals surface area (Å²) in [5.41, 5.74) is 4.14. The molecule has 0 radical (unpaired) electrons. The van der Waals surface area contributed by atoms with Crippen molar-refractivity contribution in [1.82, 2.24) is 10.1 Å². The van der Waals surface area contributed by atoms with E-state index in [-0.39, 0.29) is 17.3 Å². The zero-order chi connectivity index (χ0) is 30.0. The number of ether oxygens (including phenoxy) is 2. The van der Waals surface area contributed by atoms with E-state index in [1.807, 2.05) is 61.5 Å². The second kappa shape index (κ2) is 14.7. The molecule has 0 aliphatic rings. The predicted molar refractivity (Wildman–Crippen MR) is 168 cm³/mol. The fourth-order valence-electron chi connectivity index (χ4n) is 4.54. The van der Waals surface area contributed by atoms with E-state index in [0.717, 1.165) is 23.4 Å². The van der Waals surface area contributed by atoms with Crippen molar-refractivity contribution in [3.63, 3.8) is 0 Å². The molecule has 0 aliphatic heterocycles. The summed E-state index contributed by atoms with van der Waals surface area (Å²) in [6.07, 6.45) is 6.99. The maximum atomic E-state index is 12.6. The van der Waals surface area contributed by atoms with Gasteiger partial charge in [-0.3, -0.25) is 4.79 Å². The van der Waals surface area contributed by atoms with Crippen LogP contribution in [0.1, 0.15) is 85.1 Å². The normalized spacial score (nSPS) is 11.4. The summed E-state index contributed by atoms with van der Waals surface area (Å²) < 4.78 is 17.4. The Hall–Kier alpha value is -4.13. The molecule has 222 valence electrons. The molecule has 0 saturated carbocycles. The van der Waals surface area contributed by atoms with Crippen LogP contribution in [0.5, 0.6) is 11.5 Å². The molecule has 3 aromatic carbocycles.